The van der Waals surface area contributed by atoms with Gasteiger partial charge < -0.3 is 5.32 Å². The quantitative estimate of drug-likeness (QED) is 0.449. The van der Waals surface area contributed by atoms with Crippen molar-refractivity contribution in [1.82, 2.24) is 5.32 Å². The Labute approximate surface area is 203 Å². The number of carbonyl (C=O) groups excluding carboxylic acids is 1. The zero-order valence-corrected chi connectivity index (χ0v) is 20.7. The van der Waals surface area contributed by atoms with Crippen LogP contribution in [-0.4, -0.2) is 20.9 Å². The number of alkyl halides is 3. The summed E-state index contributed by atoms with van der Waals surface area (Å²) in [6.45, 7) is 6.94. The maximum atomic E-state index is 13.4. The van der Waals surface area contributed by atoms with E-state index >= 15 is 0 Å². The standard InChI is InChI=1S/C26H27F3N2O3S/c1-17-13-19(3)24(14-18(17)2)20(4)30-25(32)16-31(35(33,34)23-11-6-5-7-12-23)22-10-8-9-21(15-22)26(27,28)29/h5-15,20H,16H2,1-4H3,(H,30,32)/t20-/m1/s1. The topological polar surface area (TPSA) is 66.5 Å². The molecule has 5 nitrogen and oxygen atoms in total. The molecule has 3 rings (SSSR count). The fraction of sp³-hybridized carbons (Fsp3) is 0.269. The van der Waals surface area contributed by atoms with Crippen LogP contribution in [0.4, 0.5) is 18.9 Å². The third-order valence-corrected chi connectivity index (χ3v) is 7.59. The number of halogens is 3. The van der Waals surface area contributed by atoms with E-state index in [4.69, 9.17) is 0 Å². The second kappa shape index (κ2) is 10.1. The van der Waals surface area contributed by atoms with Crippen LogP contribution in [-0.2, 0) is 21.0 Å². The smallest absolute Gasteiger partial charge is 0.348 e. The summed E-state index contributed by atoms with van der Waals surface area (Å²) >= 11 is 0. The number of aryl methyl sites for hydroxylation is 3. The largest absolute Gasteiger partial charge is 0.416 e. The van der Waals surface area contributed by atoms with Crippen LogP contribution in [0, 0.1) is 20.8 Å². The van der Waals surface area contributed by atoms with Crippen molar-refractivity contribution in [2.24, 2.45) is 0 Å². The molecule has 0 fully saturated rings. The van der Waals surface area contributed by atoms with Crippen molar-refractivity contribution < 1.29 is 26.4 Å². The number of anilines is 1. The number of amides is 1. The van der Waals surface area contributed by atoms with E-state index < -0.39 is 40.3 Å². The molecule has 0 bridgehead atoms. The van der Waals surface area contributed by atoms with E-state index in [1.165, 1.54) is 30.3 Å². The third-order valence-electron chi connectivity index (χ3n) is 5.81. The van der Waals surface area contributed by atoms with Gasteiger partial charge in [-0.3, -0.25) is 9.10 Å². The highest BCUT2D eigenvalue weighted by Crippen LogP contribution is 2.33. The summed E-state index contributed by atoms with van der Waals surface area (Å²) in [6, 6.07) is 14.7. The Kier molecular flexibility index (Phi) is 7.59. The first-order chi connectivity index (χ1) is 16.3. The summed E-state index contributed by atoms with van der Waals surface area (Å²) in [5, 5.41) is 2.79. The molecule has 0 aliphatic carbocycles. The van der Waals surface area contributed by atoms with Gasteiger partial charge in [0.15, 0.2) is 0 Å². The Morgan fingerprint density at radius 2 is 1.54 bits per heavy atom. The van der Waals surface area contributed by atoms with Crippen LogP contribution >= 0.6 is 0 Å². The summed E-state index contributed by atoms with van der Waals surface area (Å²) in [5.74, 6) is -0.646. The van der Waals surface area contributed by atoms with Gasteiger partial charge in [0.05, 0.1) is 22.2 Å². The first kappa shape index (κ1) is 26.3. The molecular formula is C26H27F3N2O3S. The molecule has 0 spiro atoms. The monoisotopic (exact) mass is 504 g/mol. The molecule has 0 saturated carbocycles. The first-order valence-corrected chi connectivity index (χ1v) is 12.4. The molecule has 186 valence electrons. The maximum Gasteiger partial charge on any atom is 0.416 e. The number of nitrogens with one attached hydrogen (secondary N) is 1. The minimum absolute atomic E-state index is 0.136. The lowest BCUT2D eigenvalue weighted by Gasteiger charge is -2.26. The number of nitrogens with zero attached hydrogens (tertiary/aromatic N) is 1. The molecule has 35 heavy (non-hydrogen) atoms. The van der Waals surface area contributed by atoms with E-state index in [0.717, 1.165) is 40.5 Å². The zero-order valence-electron chi connectivity index (χ0n) is 19.8. The van der Waals surface area contributed by atoms with Crippen molar-refractivity contribution >= 4 is 21.6 Å². The molecule has 0 aliphatic heterocycles. The highest BCUT2D eigenvalue weighted by Gasteiger charge is 2.33. The average molecular weight is 505 g/mol. The molecule has 9 heteroatoms. The molecule has 3 aromatic rings. The number of sulfonamides is 1. The minimum atomic E-state index is -4.67. The fourth-order valence-corrected chi connectivity index (χ4v) is 5.25. The van der Waals surface area contributed by atoms with Crippen LogP contribution in [0.2, 0.25) is 0 Å². The second-order valence-corrected chi connectivity index (χ2v) is 10.3. The summed E-state index contributed by atoms with van der Waals surface area (Å²) < 4.78 is 67.4. The average Bonchev–Trinajstić information content (AvgIpc) is 2.79. The van der Waals surface area contributed by atoms with Gasteiger partial charge in [-0.2, -0.15) is 13.2 Å². The predicted octanol–water partition coefficient (Wildman–Crippen LogP) is 5.70. The molecule has 3 aromatic carbocycles. The lowest BCUT2D eigenvalue weighted by Crippen LogP contribution is -2.41. The van der Waals surface area contributed by atoms with Crippen molar-refractivity contribution in [3.63, 3.8) is 0 Å². The third kappa shape index (κ3) is 6.03. The Balaban J connectivity index is 1.96. The molecule has 1 atom stereocenters. The highest BCUT2D eigenvalue weighted by atomic mass is 32.2. The number of benzene rings is 3. The summed E-state index contributed by atoms with van der Waals surface area (Å²) in [6.07, 6.45) is -4.67. The lowest BCUT2D eigenvalue weighted by molar-refractivity contribution is -0.137. The van der Waals surface area contributed by atoms with Gasteiger partial charge in [0.2, 0.25) is 5.91 Å². The number of rotatable bonds is 7. The van der Waals surface area contributed by atoms with Gasteiger partial charge in [-0.25, -0.2) is 8.42 Å². The first-order valence-electron chi connectivity index (χ1n) is 10.9. The van der Waals surface area contributed by atoms with Gasteiger partial charge in [0, 0.05) is 0 Å². The fourth-order valence-electron chi connectivity index (χ4n) is 3.82. The van der Waals surface area contributed by atoms with E-state index in [0.29, 0.717) is 4.31 Å². The number of carbonyl (C=O) groups is 1. The molecule has 0 unspecified atom stereocenters. The Bertz CT molecular complexity index is 1320. The summed E-state index contributed by atoms with van der Waals surface area (Å²) in [7, 11) is -4.33. The molecule has 1 N–H and O–H groups in total. The zero-order chi connectivity index (χ0) is 26.0. The second-order valence-electron chi connectivity index (χ2n) is 8.46. The summed E-state index contributed by atoms with van der Waals surface area (Å²) in [5.41, 5.74) is 2.72. The van der Waals surface area contributed by atoms with Gasteiger partial charge in [-0.05, 0) is 80.3 Å². The van der Waals surface area contributed by atoms with E-state index in [9.17, 15) is 26.4 Å². The van der Waals surface area contributed by atoms with Gasteiger partial charge in [-0.1, -0.05) is 36.4 Å². The van der Waals surface area contributed by atoms with E-state index in [-0.39, 0.29) is 10.6 Å². The van der Waals surface area contributed by atoms with Crippen molar-refractivity contribution in [2.75, 3.05) is 10.8 Å². The van der Waals surface area contributed by atoms with Crippen LogP contribution in [0.5, 0.6) is 0 Å². The van der Waals surface area contributed by atoms with Crippen molar-refractivity contribution in [2.45, 2.75) is 44.8 Å². The maximum absolute atomic E-state index is 13.4. The van der Waals surface area contributed by atoms with Gasteiger partial charge in [0.1, 0.15) is 6.54 Å². The molecule has 1 amide bonds. The Morgan fingerprint density at radius 1 is 0.914 bits per heavy atom. The van der Waals surface area contributed by atoms with E-state index in [1.54, 1.807) is 13.0 Å². The van der Waals surface area contributed by atoms with E-state index in [2.05, 4.69) is 5.32 Å². The van der Waals surface area contributed by atoms with Crippen molar-refractivity contribution in [3.8, 4) is 0 Å². The normalized spacial score (nSPS) is 12.8. The Morgan fingerprint density at radius 3 is 2.17 bits per heavy atom. The summed E-state index contributed by atoms with van der Waals surface area (Å²) in [4.78, 5) is 12.9. The van der Waals surface area contributed by atoms with Crippen LogP contribution in [0.1, 0.15) is 40.8 Å². The number of hydrogen-bond donors (Lipinski definition) is 1. The van der Waals surface area contributed by atoms with Crippen LogP contribution in [0.3, 0.4) is 0 Å². The van der Waals surface area contributed by atoms with E-state index in [1.807, 2.05) is 32.9 Å². The lowest BCUT2D eigenvalue weighted by atomic mass is 9.96. The van der Waals surface area contributed by atoms with Gasteiger partial charge in [-0.15, -0.1) is 0 Å². The molecule has 0 heterocycles. The minimum Gasteiger partial charge on any atom is -0.348 e. The van der Waals surface area contributed by atoms with Crippen LogP contribution < -0.4 is 9.62 Å². The predicted molar refractivity (Wildman–Crippen MR) is 130 cm³/mol. The Hall–Kier alpha value is -3.33. The SMILES string of the molecule is Cc1cc(C)c([C@@H](C)NC(=O)CN(c2cccc(C(F)(F)F)c2)S(=O)(=O)c2ccccc2)cc1C. The van der Waals surface area contributed by atoms with Crippen molar-refractivity contribution in [1.29, 1.82) is 0 Å². The number of hydrogen-bond acceptors (Lipinski definition) is 3. The molecule has 0 radical (unpaired) electrons. The van der Waals surface area contributed by atoms with Gasteiger partial charge in [0.25, 0.3) is 10.0 Å². The highest BCUT2D eigenvalue weighted by molar-refractivity contribution is 7.92. The molecule has 0 saturated heterocycles. The van der Waals surface area contributed by atoms with Crippen LogP contribution in [0.15, 0.2) is 71.6 Å². The van der Waals surface area contributed by atoms with Gasteiger partial charge >= 0.3 is 6.18 Å². The van der Waals surface area contributed by atoms with Crippen molar-refractivity contribution in [3.05, 3.63) is 94.5 Å². The van der Waals surface area contributed by atoms with Crippen LogP contribution in [0.25, 0.3) is 0 Å². The molecule has 0 aromatic heterocycles. The molecular weight excluding hydrogens is 477 g/mol. The molecule has 0 aliphatic rings.